The number of allylic oxidation sites excluding steroid dienone is 3. The normalized spacial score (nSPS) is 12.7. The highest BCUT2D eigenvalue weighted by Gasteiger charge is 2.00. The Morgan fingerprint density at radius 2 is 2.50 bits per heavy atom. The smallest absolute Gasteiger partial charge is 0.124 e. The molecule has 3 heteroatoms. The summed E-state index contributed by atoms with van der Waals surface area (Å²) >= 11 is 1.65. The minimum atomic E-state index is 0.889. The number of rotatable bonds is 3. The van der Waals surface area contributed by atoms with Crippen LogP contribution in [0.1, 0.15) is 12.6 Å². The first kappa shape index (κ1) is 9.13. The predicted octanol–water partition coefficient (Wildman–Crippen LogP) is 2.95. The van der Waals surface area contributed by atoms with Crippen LogP contribution in [0, 0.1) is 0 Å². The lowest BCUT2D eigenvalue weighted by Gasteiger charge is -1.94. The predicted molar refractivity (Wildman–Crippen MR) is 52.8 cm³/mol. The van der Waals surface area contributed by atoms with Crippen LogP contribution in [0.3, 0.4) is 0 Å². The highest BCUT2D eigenvalue weighted by atomic mass is 32.2. The third-order valence-electron chi connectivity index (χ3n) is 1.35. The summed E-state index contributed by atoms with van der Waals surface area (Å²) in [7, 11) is 0. The van der Waals surface area contributed by atoms with E-state index in [2.05, 4.69) is 5.16 Å². The van der Waals surface area contributed by atoms with Crippen LogP contribution >= 0.6 is 11.8 Å². The molecule has 1 rings (SSSR count). The van der Waals surface area contributed by atoms with Crippen LogP contribution in [0.25, 0.3) is 4.91 Å². The maximum Gasteiger partial charge on any atom is 0.124 e. The van der Waals surface area contributed by atoms with Gasteiger partial charge >= 0.3 is 0 Å². The molecule has 0 amide bonds. The Morgan fingerprint density at radius 3 is 3.00 bits per heavy atom. The average molecular weight is 181 g/mol. The van der Waals surface area contributed by atoms with E-state index < -0.39 is 0 Å². The van der Waals surface area contributed by atoms with E-state index in [1.54, 1.807) is 18.0 Å². The SMILES string of the molecule is C/C=C/C=C(\SC)c1ccon1. The molecular weight excluding hydrogens is 170 g/mol. The number of thioether (sulfide) groups is 1. The molecule has 0 N–H and O–H groups in total. The van der Waals surface area contributed by atoms with Crippen molar-refractivity contribution in [2.24, 2.45) is 0 Å². The summed E-state index contributed by atoms with van der Waals surface area (Å²) in [6, 6.07) is 1.85. The molecule has 0 aromatic carbocycles. The van der Waals surface area contributed by atoms with Crippen molar-refractivity contribution in [1.82, 2.24) is 5.16 Å². The molecule has 1 aromatic rings. The van der Waals surface area contributed by atoms with Gasteiger partial charge in [0, 0.05) is 11.0 Å². The van der Waals surface area contributed by atoms with Crippen LogP contribution in [0.15, 0.2) is 35.1 Å². The fourth-order valence-corrected chi connectivity index (χ4v) is 1.31. The standard InChI is InChI=1S/C9H11NOS/c1-3-4-5-9(12-2)8-6-7-11-10-8/h3-7H,1-2H3/b4-3+,9-5-. The van der Waals surface area contributed by atoms with Gasteiger partial charge < -0.3 is 4.52 Å². The van der Waals surface area contributed by atoms with E-state index in [0.717, 1.165) is 10.6 Å². The van der Waals surface area contributed by atoms with E-state index in [1.807, 2.05) is 37.5 Å². The Hall–Kier alpha value is -0.960. The zero-order valence-corrected chi connectivity index (χ0v) is 7.97. The van der Waals surface area contributed by atoms with Crippen LogP contribution in [-0.4, -0.2) is 11.4 Å². The van der Waals surface area contributed by atoms with Gasteiger partial charge in [0.25, 0.3) is 0 Å². The quantitative estimate of drug-likeness (QED) is 0.670. The van der Waals surface area contributed by atoms with Crippen molar-refractivity contribution in [3.05, 3.63) is 36.3 Å². The Kier molecular flexibility index (Phi) is 3.67. The van der Waals surface area contributed by atoms with Gasteiger partial charge in [-0.2, -0.15) is 0 Å². The molecular formula is C9H11NOS. The molecule has 1 aromatic heterocycles. The van der Waals surface area contributed by atoms with Gasteiger partial charge in [0.1, 0.15) is 12.0 Å². The van der Waals surface area contributed by atoms with Crippen LogP contribution < -0.4 is 0 Å². The van der Waals surface area contributed by atoms with Crippen LogP contribution in [-0.2, 0) is 0 Å². The molecule has 0 saturated carbocycles. The lowest BCUT2D eigenvalue weighted by molar-refractivity contribution is 0.418. The van der Waals surface area contributed by atoms with Gasteiger partial charge in [-0.3, -0.25) is 0 Å². The molecule has 64 valence electrons. The van der Waals surface area contributed by atoms with Gasteiger partial charge in [-0.1, -0.05) is 17.3 Å². The van der Waals surface area contributed by atoms with E-state index in [0.29, 0.717) is 0 Å². The maximum absolute atomic E-state index is 4.75. The highest BCUT2D eigenvalue weighted by Crippen LogP contribution is 2.23. The molecule has 0 spiro atoms. The topological polar surface area (TPSA) is 26.0 Å². The fraction of sp³-hybridized carbons (Fsp3) is 0.222. The zero-order valence-electron chi connectivity index (χ0n) is 7.15. The number of hydrogen-bond donors (Lipinski definition) is 0. The second-order valence-corrected chi connectivity index (χ2v) is 2.99. The van der Waals surface area contributed by atoms with Gasteiger partial charge in [0.05, 0.1) is 0 Å². The maximum atomic E-state index is 4.75. The molecule has 12 heavy (non-hydrogen) atoms. The first-order valence-corrected chi connectivity index (χ1v) is 4.88. The first-order chi connectivity index (χ1) is 5.88. The van der Waals surface area contributed by atoms with Crippen molar-refractivity contribution < 1.29 is 4.52 Å². The largest absolute Gasteiger partial charge is 0.364 e. The molecule has 0 unspecified atom stereocenters. The van der Waals surface area contributed by atoms with Crippen molar-refractivity contribution in [2.75, 3.05) is 6.26 Å². The molecule has 1 heterocycles. The summed E-state index contributed by atoms with van der Waals surface area (Å²) in [5, 5.41) is 3.84. The lowest BCUT2D eigenvalue weighted by Crippen LogP contribution is -1.76. The van der Waals surface area contributed by atoms with E-state index in [1.165, 1.54) is 0 Å². The zero-order chi connectivity index (χ0) is 8.81. The van der Waals surface area contributed by atoms with Gasteiger partial charge in [-0.05, 0) is 19.3 Å². The average Bonchev–Trinajstić information content (AvgIpc) is 2.59. The lowest BCUT2D eigenvalue weighted by atomic mass is 10.3. The van der Waals surface area contributed by atoms with E-state index in [4.69, 9.17) is 4.52 Å². The Morgan fingerprint density at radius 1 is 1.67 bits per heavy atom. The molecule has 0 radical (unpaired) electrons. The van der Waals surface area contributed by atoms with Crippen molar-refractivity contribution >= 4 is 16.7 Å². The van der Waals surface area contributed by atoms with E-state index in [9.17, 15) is 0 Å². The van der Waals surface area contributed by atoms with Crippen LogP contribution in [0.5, 0.6) is 0 Å². The molecule has 0 aliphatic carbocycles. The highest BCUT2D eigenvalue weighted by molar-refractivity contribution is 8.07. The Labute approximate surface area is 76.3 Å². The molecule has 0 saturated heterocycles. The fourth-order valence-electron chi connectivity index (χ4n) is 0.781. The second kappa shape index (κ2) is 4.83. The van der Waals surface area contributed by atoms with Crippen LogP contribution in [0.2, 0.25) is 0 Å². The molecule has 0 atom stereocenters. The number of hydrogen-bond acceptors (Lipinski definition) is 3. The third-order valence-corrected chi connectivity index (χ3v) is 2.14. The van der Waals surface area contributed by atoms with Crippen LogP contribution in [0.4, 0.5) is 0 Å². The van der Waals surface area contributed by atoms with Crippen molar-refractivity contribution in [1.29, 1.82) is 0 Å². The monoisotopic (exact) mass is 181 g/mol. The summed E-state index contributed by atoms with van der Waals surface area (Å²) in [5.41, 5.74) is 0.889. The summed E-state index contributed by atoms with van der Waals surface area (Å²) in [6.07, 6.45) is 9.58. The summed E-state index contributed by atoms with van der Waals surface area (Å²) in [5.74, 6) is 0. The van der Waals surface area contributed by atoms with Gasteiger partial charge in [-0.25, -0.2) is 0 Å². The molecule has 0 bridgehead atoms. The van der Waals surface area contributed by atoms with Gasteiger partial charge in [0.2, 0.25) is 0 Å². The molecule has 0 aliphatic heterocycles. The van der Waals surface area contributed by atoms with Crippen molar-refractivity contribution in [2.45, 2.75) is 6.92 Å². The van der Waals surface area contributed by atoms with Crippen molar-refractivity contribution in [3.63, 3.8) is 0 Å². The Bertz CT molecular complexity index is 275. The number of aromatic nitrogens is 1. The Balaban J connectivity index is 2.83. The summed E-state index contributed by atoms with van der Waals surface area (Å²) in [6.45, 7) is 1.98. The van der Waals surface area contributed by atoms with Crippen molar-refractivity contribution in [3.8, 4) is 0 Å². The summed E-state index contributed by atoms with van der Waals surface area (Å²) < 4.78 is 4.75. The van der Waals surface area contributed by atoms with Gasteiger partial charge in [-0.15, -0.1) is 11.8 Å². The summed E-state index contributed by atoms with van der Waals surface area (Å²) in [4.78, 5) is 1.11. The van der Waals surface area contributed by atoms with E-state index >= 15 is 0 Å². The minimum Gasteiger partial charge on any atom is -0.364 e. The minimum absolute atomic E-state index is 0.889. The molecule has 2 nitrogen and oxygen atoms in total. The third kappa shape index (κ3) is 2.27. The second-order valence-electron chi connectivity index (χ2n) is 2.15. The first-order valence-electron chi connectivity index (χ1n) is 3.66. The van der Waals surface area contributed by atoms with Gasteiger partial charge in [0.15, 0.2) is 0 Å². The molecule has 0 aliphatic rings. The number of nitrogens with zero attached hydrogens (tertiary/aromatic N) is 1. The van der Waals surface area contributed by atoms with E-state index in [-0.39, 0.29) is 0 Å². The molecule has 0 fully saturated rings.